The van der Waals surface area contributed by atoms with E-state index in [2.05, 4.69) is 15.2 Å². The first-order chi connectivity index (χ1) is 15.5. The summed E-state index contributed by atoms with van der Waals surface area (Å²) in [5.41, 5.74) is 2.38. The molecular weight excluding hydrogens is 467 g/mol. The van der Waals surface area contributed by atoms with Crippen LogP contribution in [0.1, 0.15) is 34.1 Å². The van der Waals surface area contributed by atoms with Gasteiger partial charge in [-0.2, -0.15) is 0 Å². The predicted octanol–water partition coefficient (Wildman–Crippen LogP) is 6.28. The third kappa shape index (κ3) is 4.41. The SMILES string of the molecule is Cc1nc(-c2cccc(Cl)c2)sc1C(=O)N(Cc1nnc(-c2ccc(Cl)cc2)o1)C1CC1. The van der Waals surface area contributed by atoms with Crippen molar-refractivity contribution in [3.8, 4) is 22.0 Å². The van der Waals surface area contributed by atoms with E-state index in [1.165, 1.54) is 11.3 Å². The maximum absolute atomic E-state index is 13.4. The summed E-state index contributed by atoms with van der Waals surface area (Å²) in [5.74, 6) is 0.728. The Kier molecular flexibility index (Phi) is 5.71. The fraction of sp³-hybridized carbons (Fsp3) is 0.217. The van der Waals surface area contributed by atoms with E-state index in [4.69, 9.17) is 27.6 Å². The molecule has 0 bridgehead atoms. The minimum Gasteiger partial charge on any atom is -0.419 e. The summed E-state index contributed by atoms with van der Waals surface area (Å²) in [6.07, 6.45) is 1.92. The summed E-state index contributed by atoms with van der Waals surface area (Å²) in [6, 6.07) is 14.8. The van der Waals surface area contributed by atoms with E-state index in [-0.39, 0.29) is 18.5 Å². The zero-order chi connectivity index (χ0) is 22.2. The second-order valence-electron chi connectivity index (χ2n) is 7.62. The molecule has 2 aromatic carbocycles. The Labute approximate surface area is 198 Å². The number of amides is 1. The molecule has 0 radical (unpaired) electrons. The number of carbonyl (C=O) groups excluding carboxylic acids is 1. The maximum atomic E-state index is 13.4. The van der Waals surface area contributed by atoms with Crippen LogP contribution in [-0.4, -0.2) is 32.0 Å². The molecule has 0 saturated heterocycles. The fourth-order valence-electron chi connectivity index (χ4n) is 3.40. The normalized spacial score (nSPS) is 13.3. The van der Waals surface area contributed by atoms with Gasteiger partial charge < -0.3 is 9.32 Å². The Bertz CT molecular complexity index is 1280. The van der Waals surface area contributed by atoms with Gasteiger partial charge in [0.2, 0.25) is 11.8 Å². The Balaban J connectivity index is 1.38. The zero-order valence-corrected chi connectivity index (χ0v) is 19.4. The standard InChI is InChI=1S/C23H18Cl2N4O2S/c1-13-20(32-22(26-13)15-3-2-4-17(25)11-15)23(30)29(18-9-10-18)12-19-27-28-21(31-19)14-5-7-16(24)8-6-14/h2-8,11,18H,9-10,12H2,1H3. The molecule has 32 heavy (non-hydrogen) atoms. The number of thiazole rings is 1. The van der Waals surface area contributed by atoms with Crippen LogP contribution in [0.25, 0.3) is 22.0 Å². The first kappa shape index (κ1) is 21.1. The molecule has 1 saturated carbocycles. The number of hydrogen-bond donors (Lipinski definition) is 0. The molecule has 0 N–H and O–H groups in total. The van der Waals surface area contributed by atoms with Crippen molar-refractivity contribution in [3.05, 3.63) is 75.0 Å². The van der Waals surface area contributed by atoms with Crippen LogP contribution in [0.2, 0.25) is 10.0 Å². The maximum Gasteiger partial charge on any atom is 0.266 e. The van der Waals surface area contributed by atoms with Gasteiger partial charge >= 0.3 is 0 Å². The molecular formula is C23H18Cl2N4O2S. The summed E-state index contributed by atoms with van der Waals surface area (Å²) >= 11 is 13.4. The highest BCUT2D eigenvalue weighted by molar-refractivity contribution is 7.17. The van der Waals surface area contributed by atoms with Crippen molar-refractivity contribution in [2.75, 3.05) is 0 Å². The minimum atomic E-state index is -0.0676. The number of carbonyl (C=O) groups is 1. The Hall–Kier alpha value is -2.74. The molecule has 2 aromatic heterocycles. The molecule has 0 aliphatic heterocycles. The van der Waals surface area contributed by atoms with Crippen LogP contribution < -0.4 is 0 Å². The van der Waals surface area contributed by atoms with E-state index in [9.17, 15) is 4.79 Å². The highest BCUT2D eigenvalue weighted by Crippen LogP contribution is 2.34. The van der Waals surface area contributed by atoms with Gasteiger partial charge in [0.25, 0.3) is 5.91 Å². The number of benzene rings is 2. The lowest BCUT2D eigenvalue weighted by Gasteiger charge is -2.19. The molecule has 1 fully saturated rings. The monoisotopic (exact) mass is 484 g/mol. The molecule has 1 aliphatic carbocycles. The third-order valence-corrected chi connectivity index (χ3v) is 6.86. The van der Waals surface area contributed by atoms with Gasteiger partial charge in [0.15, 0.2) is 0 Å². The molecule has 0 atom stereocenters. The van der Waals surface area contributed by atoms with Crippen molar-refractivity contribution in [3.63, 3.8) is 0 Å². The van der Waals surface area contributed by atoms with Crippen molar-refractivity contribution >= 4 is 40.4 Å². The van der Waals surface area contributed by atoms with Gasteiger partial charge in [0.1, 0.15) is 9.88 Å². The Morgan fingerprint density at radius 3 is 2.59 bits per heavy atom. The largest absolute Gasteiger partial charge is 0.419 e. The average Bonchev–Trinajstić information content (AvgIpc) is 3.39. The molecule has 1 aliphatic rings. The number of nitrogens with zero attached hydrogens (tertiary/aromatic N) is 4. The van der Waals surface area contributed by atoms with Gasteiger partial charge in [-0.1, -0.05) is 35.3 Å². The van der Waals surface area contributed by atoms with E-state index in [1.807, 2.05) is 43.3 Å². The quantitative estimate of drug-likeness (QED) is 0.321. The number of halogens is 2. The summed E-state index contributed by atoms with van der Waals surface area (Å²) in [4.78, 5) is 20.5. The first-order valence-corrected chi connectivity index (χ1v) is 11.7. The minimum absolute atomic E-state index is 0.0676. The third-order valence-electron chi connectivity index (χ3n) is 5.17. The zero-order valence-electron chi connectivity index (χ0n) is 17.1. The second kappa shape index (κ2) is 8.65. The van der Waals surface area contributed by atoms with Gasteiger partial charge in [0.05, 0.1) is 12.2 Å². The van der Waals surface area contributed by atoms with E-state index in [0.29, 0.717) is 32.4 Å². The average molecular weight is 485 g/mol. The van der Waals surface area contributed by atoms with Crippen LogP contribution >= 0.6 is 34.5 Å². The van der Waals surface area contributed by atoms with E-state index in [1.54, 1.807) is 17.0 Å². The summed E-state index contributed by atoms with van der Waals surface area (Å²) in [7, 11) is 0. The van der Waals surface area contributed by atoms with Crippen molar-refractivity contribution in [2.24, 2.45) is 0 Å². The Morgan fingerprint density at radius 1 is 1.09 bits per heavy atom. The molecule has 162 valence electrons. The van der Waals surface area contributed by atoms with Crippen molar-refractivity contribution in [1.82, 2.24) is 20.1 Å². The van der Waals surface area contributed by atoms with Gasteiger partial charge in [-0.05, 0) is 56.2 Å². The van der Waals surface area contributed by atoms with Crippen LogP contribution in [-0.2, 0) is 6.54 Å². The first-order valence-electron chi connectivity index (χ1n) is 10.1. The van der Waals surface area contributed by atoms with Crippen molar-refractivity contribution in [2.45, 2.75) is 32.4 Å². The van der Waals surface area contributed by atoms with Crippen LogP contribution in [0.3, 0.4) is 0 Å². The molecule has 5 rings (SSSR count). The van der Waals surface area contributed by atoms with Crippen LogP contribution in [0.5, 0.6) is 0 Å². The van der Waals surface area contributed by atoms with Crippen LogP contribution in [0.15, 0.2) is 52.9 Å². The number of aryl methyl sites for hydroxylation is 1. The van der Waals surface area contributed by atoms with Crippen LogP contribution in [0, 0.1) is 6.92 Å². The molecule has 1 amide bonds. The second-order valence-corrected chi connectivity index (χ2v) is 9.49. The van der Waals surface area contributed by atoms with E-state index in [0.717, 1.165) is 29.0 Å². The highest BCUT2D eigenvalue weighted by atomic mass is 35.5. The smallest absolute Gasteiger partial charge is 0.266 e. The van der Waals surface area contributed by atoms with Gasteiger partial charge in [-0.25, -0.2) is 4.98 Å². The lowest BCUT2D eigenvalue weighted by atomic mass is 10.2. The van der Waals surface area contributed by atoms with Gasteiger partial charge in [-0.15, -0.1) is 21.5 Å². The van der Waals surface area contributed by atoms with Gasteiger partial charge in [-0.3, -0.25) is 4.79 Å². The highest BCUT2D eigenvalue weighted by Gasteiger charge is 2.36. The predicted molar refractivity (Wildman–Crippen MR) is 125 cm³/mol. The van der Waals surface area contributed by atoms with E-state index < -0.39 is 0 Å². The molecule has 0 spiro atoms. The summed E-state index contributed by atoms with van der Waals surface area (Å²) in [6.45, 7) is 2.11. The summed E-state index contributed by atoms with van der Waals surface area (Å²) < 4.78 is 5.84. The van der Waals surface area contributed by atoms with Crippen molar-refractivity contribution in [1.29, 1.82) is 0 Å². The number of hydrogen-bond acceptors (Lipinski definition) is 6. The fourth-order valence-corrected chi connectivity index (χ4v) is 4.73. The lowest BCUT2D eigenvalue weighted by molar-refractivity contribution is 0.0718. The molecule has 6 nitrogen and oxygen atoms in total. The van der Waals surface area contributed by atoms with E-state index >= 15 is 0 Å². The molecule has 9 heteroatoms. The molecule has 0 unspecified atom stereocenters. The van der Waals surface area contributed by atoms with Crippen LogP contribution in [0.4, 0.5) is 0 Å². The van der Waals surface area contributed by atoms with Gasteiger partial charge in [0, 0.05) is 27.2 Å². The van der Waals surface area contributed by atoms with Crippen molar-refractivity contribution < 1.29 is 9.21 Å². The molecule has 4 aromatic rings. The molecule has 2 heterocycles. The number of rotatable bonds is 6. The lowest BCUT2D eigenvalue weighted by Crippen LogP contribution is -2.32. The summed E-state index contributed by atoms with van der Waals surface area (Å²) in [5, 5.41) is 10.3. The topological polar surface area (TPSA) is 72.1 Å². The number of aromatic nitrogens is 3. The Morgan fingerprint density at radius 2 is 1.88 bits per heavy atom.